The molecule has 1 unspecified atom stereocenters. The number of aromatic nitrogens is 3. The smallest absolute Gasteiger partial charge is 0.259 e. The van der Waals surface area contributed by atoms with E-state index in [1.54, 1.807) is 11.3 Å². The fourth-order valence-corrected chi connectivity index (χ4v) is 5.68. The van der Waals surface area contributed by atoms with Crippen LogP contribution in [-0.2, 0) is 17.1 Å². The normalized spacial score (nSPS) is 12.5. The van der Waals surface area contributed by atoms with Crippen LogP contribution in [0.3, 0.4) is 0 Å². The Hall–Kier alpha value is -2.23. The summed E-state index contributed by atoms with van der Waals surface area (Å²) in [6, 6.07) is 7.93. The van der Waals surface area contributed by atoms with E-state index in [2.05, 4.69) is 20.3 Å². The molecule has 150 valence electrons. The maximum absolute atomic E-state index is 12.4. The first-order valence-corrected chi connectivity index (χ1v) is 11.8. The molecule has 29 heavy (non-hydrogen) atoms. The molecule has 1 atom stereocenters. The Labute approximate surface area is 179 Å². The van der Waals surface area contributed by atoms with Crippen LogP contribution in [0.5, 0.6) is 0 Å². The summed E-state index contributed by atoms with van der Waals surface area (Å²) in [5, 5.41) is 4.23. The number of nitrogens with zero attached hydrogens (tertiary/aromatic N) is 2. The molecule has 1 aromatic carbocycles. The van der Waals surface area contributed by atoms with Gasteiger partial charge in [-0.05, 0) is 38.5 Å². The lowest BCUT2D eigenvalue weighted by Gasteiger charge is -2.11. The van der Waals surface area contributed by atoms with Gasteiger partial charge in [0.2, 0.25) is 5.91 Å². The summed E-state index contributed by atoms with van der Waals surface area (Å²) in [4.78, 5) is 38.6. The van der Waals surface area contributed by atoms with Gasteiger partial charge in [0.05, 0.1) is 33.2 Å². The number of carbonyl (C=O) groups excluding carboxylic acids is 1. The summed E-state index contributed by atoms with van der Waals surface area (Å²) in [5.74, 6) is 1.01. The zero-order valence-corrected chi connectivity index (χ0v) is 18.7. The molecule has 3 heterocycles. The number of carbonyl (C=O) groups is 1. The molecule has 9 heteroatoms. The molecule has 0 aliphatic rings. The number of fused-ring (bicyclic) bond motifs is 2. The SMILES string of the molecule is Cc1sc2nc(CSC(C)C(=O)NCc3nc4ccccc4s3)[nH]c(=O)c2c1C. The largest absolute Gasteiger partial charge is 0.349 e. The first kappa shape index (κ1) is 20.1. The highest BCUT2D eigenvalue weighted by Crippen LogP contribution is 2.26. The number of aromatic amines is 1. The van der Waals surface area contributed by atoms with Gasteiger partial charge in [0.15, 0.2) is 0 Å². The van der Waals surface area contributed by atoms with Gasteiger partial charge in [0.1, 0.15) is 15.7 Å². The number of aryl methyl sites for hydroxylation is 2. The van der Waals surface area contributed by atoms with E-state index in [0.29, 0.717) is 23.5 Å². The van der Waals surface area contributed by atoms with E-state index in [-0.39, 0.29) is 16.7 Å². The number of H-pyrrole nitrogens is 1. The average molecular weight is 445 g/mol. The van der Waals surface area contributed by atoms with E-state index in [0.717, 1.165) is 30.5 Å². The number of para-hydroxylation sites is 1. The first-order valence-electron chi connectivity index (χ1n) is 9.15. The monoisotopic (exact) mass is 444 g/mol. The molecular formula is C20H20N4O2S3. The minimum absolute atomic E-state index is 0.0551. The predicted octanol–water partition coefficient (Wildman–Crippen LogP) is 4.15. The lowest BCUT2D eigenvalue weighted by molar-refractivity contribution is -0.120. The average Bonchev–Trinajstić information content (AvgIpc) is 3.24. The molecular weight excluding hydrogens is 424 g/mol. The summed E-state index contributed by atoms with van der Waals surface area (Å²) in [6.07, 6.45) is 0. The van der Waals surface area contributed by atoms with Crippen LogP contribution in [-0.4, -0.2) is 26.1 Å². The number of hydrogen-bond donors (Lipinski definition) is 2. The van der Waals surface area contributed by atoms with Crippen molar-refractivity contribution in [2.24, 2.45) is 0 Å². The molecule has 0 fully saturated rings. The third-order valence-electron chi connectivity index (χ3n) is 4.68. The topological polar surface area (TPSA) is 87.7 Å². The molecule has 0 aliphatic carbocycles. The van der Waals surface area contributed by atoms with Gasteiger partial charge in [0.25, 0.3) is 5.56 Å². The molecule has 0 aliphatic heterocycles. The Kier molecular flexibility index (Phi) is 5.71. The van der Waals surface area contributed by atoms with Crippen molar-refractivity contribution in [2.75, 3.05) is 0 Å². The maximum atomic E-state index is 12.4. The summed E-state index contributed by atoms with van der Waals surface area (Å²) in [5.41, 5.74) is 1.83. The van der Waals surface area contributed by atoms with Gasteiger partial charge in [-0.25, -0.2) is 9.97 Å². The molecule has 4 rings (SSSR count). The van der Waals surface area contributed by atoms with E-state index < -0.39 is 0 Å². The Bertz CT molecular complexity index is 1220. The highest BCUT2D eigenvalue weighted by Gasteiger charge is 2.16. The molecule has 0 spiro atoms. The molecule has 2 N–H and O–H groups in total. The minimum Gasteiger partial charge on any atom is -0.349 e. The molecule has 0 radical (unpaired) electrons. The van der Waals surface area contributed by atoms with Crippen molar-refractivity contribution < 1.29 is 4.79 Å². The van der Waals surface area contributed by atoms with Crippen LogP contribution in [0.2, 0.25) is 0 Å². The second kappa shape index (κ2) is 8.25. The molecule has 3 aromatic heterocycles. The summed E-state index contributed by atoms with van der Waals surface area (Å²) in [6.45, 7) is 6.21. The molecule has 6 nitrogen and oxygen atoms in total. The second-order valence-corrected chi connectivity index (χ2v) is 10.4. The highest BCUT2D eigenvalue weighted by molar-refractivity contribution is 7.99. The van der Waals surface area contributed by atoms with Gasteiger partial charge in [-0.3, -0.25) is 9.59 Å². The summed E-state index contributed by atoms with van der Waals surface area (Å²) >= 11 is 4.56. The number of thioether (sulfide) groups is 1. The molecule has 0 saturated carbocycles. The summed E-state index contributed by atoms with van der Waals surface area (Å²) in [7, 11) is 0. The van der Waals surface area contributed by atoms with Crippen LogP contribution in [0.25, 0.3) is 20.4 Å². The molecule has 0 bridgehead atoms. The number of thiophene rings is 1. The molecule has 1 amide bonds. The van der Waals surface area contributed by atoms with Crippen molar-refractivity contribution in [3.05, 3.63) is 55.9 Å². The standard InChI is InChI=1S/C20H20N4O2S3/c1-10-11(2)28-20-17(10)19(26)23-15(24-20)9-27-12(3)18(25)21-8-16-22-13-6-4-5-7-14(13)29-16/h4-7,12H,8-9H2,1-3H3,(H,21,25)(H,23,24,26). The van der Waals surface area contributed by atoms with Gasteiger partial charge in [-0.1, -0.05) is 12.1 Å². The van der Waals surface area contributed by atoms with E-state index in [1.807, 2.05) is 45.0 Å². The maximum Gasteiger partial charge on any atom is 0.259 e. The van der Waals surface area contributed by atoms with Crippen molar-refractivity contribution in [3.8, 4) is 0 Å². The second-order valence-electron chi connectivity index (χ2n) is 6.72. The highest BCUT2D eigenvalue weighted by atomic mass is 32.2. The fraction of sp³-hybridized carbons (Fsp3) is 0.300. The Morgan fingerprint density at radius 3 is 2.83 bits per heavy atom. The van der Waals surface area contributed by atoms with Gasteiger partial charge < -0.3 is 10.3 Å². The Morgan fingerprint density at radius 2 is 2.03 bits per heavy atom. The van der Waals surface area contributed by atoms with Crippen LogP contribution < -0.4 is 10.9 Å². The molecule has 4 aromatic rings. The quantitative estimate of drug-likeness (QED) is 0.466. The fourth-order valence-electron chi connectivity index (χ4n) is 2.95. The number of rotatable bonds is 6. The van der Waals surface area contributed by atoms with Crippen molar-refractivity contribution in [1.29, 1.82) is 0 Å². The third-order valence-corrected chi connectivity index (χ3v) is 7.97. The zero-order valence-electron chi connectivity index (χ0n) is 16.2. The number of amides is 1. The van der Waals surface area contributed by atoms with E-state index in [9.17, 15) is 9.59 Å². The number of nitrogens with one attached hydrogen (secondary N) is 2. The van der Waals surface area contributed by atoms with Crippen LogP contribution in [0.15, 0.2) is 29.1 Å². The lowest BCUT2D eigenvalue weighted by Crippen LogP contribution is -2.30. The Balaban J connectivity index is 1.36. The summed E-state index contributed by atoms with van der Waals surface area (Å²) < 4.78 is 1.11. The van der Waals surface area contributed by atoms with Crippen molar-refractivity contribution >= 4 is 60.8 Å². The van der Waals surface area contributed by atoms with Gasteiger partial charge in [-0.15, -0.1) is 34.4 Å². The van der Waals surface area contributed by atoms with E-state index >= 15 is 0 Å². The number of thiazole rings is 1. The first-order chi connectivity index (χ1) is 13.9. The van der Waals surface area contributed by atoms with E-state index in [4.69, 9.17) is 0 Å². The van der Waals surface area contributed by atoms with Crippen molar-refractivity contribution in [3.63, 3.8) is 0 Å². The van der Waals surface area contributed by atoms with Crippen LogP contribution in [0, 0.1) is 13.8 Å². The minimum atomic E-state index is -0.266. The number of benzene rings is 1. The Morgan fingerprint density at radius 1 is 1.24 bits per heavy atom. The third kappa shape index (κ3) is 4.22. The van der Waals surface area contributed by atoms with Crippen molar-refractivity contribution in [1.82, 2.24) is 20.3 Å². The lowest BCUT2D eigenvalue weighted by atomic mass is 10.2. The van der Waals surface area contributed by atoms with Crippen LogP contribution in [0.1, 0.15) is 28.2 Å². The molecule has 0 saturated heterocycles. The number of hydrogen-bond acceptors (Lipinski definition) is 7. The van der Waals surface area contributed by atoms with Gasteiger partial charge in [-0.2, -0.15) is 0 Å². The van der Waals surface area contributed by atoms with Crippen molar-refractivity contribution in [2.45, 2.75) is 38.3 Å². The van der Waals surface area contributed by atoms with Crippen LogP contribution >= 0.6 is 34.4 Å². The predicted molar refractivity (Wildman–Crippen MR) is 122 cm³/mol. The van der Waals surface area contributed by atoms with Gasteiger partial charge >= 0.3 is 0 Å². The van der Waals surface area contributed by atoms with Gasteiger partial charge in [0, 0.05) is 4.88 Å². The zero-order chi connectivity index (χ0) is 20.5. The van der Waals surface area contributed by atoms with E-state index in [1.165, 1.54) is 23.1 Å². The van der Waals surface area contributed by atoms with Crippen LogP contribution in [0.4, 0.5) is 0 Å².